The molecule has 0 saturated heterocycles. The molecule has 4 nitrogen and oxygen atoms in total. The fourth-order valence-corrected chi connectivity index (χ4v) is 2.73. The zero-order valence-corrected chi connectivity index (χ0v) is 16.0. The Kier molecular flexibility index (Phi) is 6.82. The lowest BCUT2D eigenvalue weighted by molar-refractivity contribution is -0.112. The van der Waals surface area contributed by atoms with E-state index in [2.05, 4.69) is 24.1 Å². The van der Waals surface area contributed by atoms with Crippen LogP contribution in [0.2, 0.25) is 5.02 Å². The maximum absolute atomic E-state index is 12.4. The summed E-state index contributed by atoms with van der Waals surface area (Å²) in [4.78, 5) is 14.6. The molecule has 5 heteroatoms. The molecule has 0 atom stereocenters. The van der Waals surface area contributed by atoms with Crippen LogP contribution in [0.25, 0.3) is 6.08 Å². The van der Waals surface area contributed by atoms with Gasteiger partial charge in [-0.2, -0.15) is 5.26 Å². The Morgan fingerprint density at radius 3 is 2.38 bits per heavy atom. The van der Waals surface area contributed by atoms with E-state index in [0.717, 1.165) is 29.9 Å². The summed E-state index contributed by atoms with van der Waals surface area (Å²) in [6.07, 6.45) is 1.58. The average Bonchev–Trinajstić information content (AvgIpc) is 2.64. The number of carbonyl (C=O) groups excluding carboxylic acids is 1. The number of nitrogens with zero attached hydrogens (tertiary/aromatic N) is 2. The topological polar surface area (TPSA) is 56.1 Å². The Balaban J connectivity index is 2.17. The summed E-state index contributed by atoms with van der Waals surface area (Å²) in [5.74, 6) is -0.458. The van der Waals surface area contributed by atoms with Crippen LogP contribution in [0.4, 0.5) is 11.4 Å². The van der Waals surface area contributed by atoms with Gasteiger partial charge in [0.25, 0.3) is 5.91 Å². The van der Waals surface area contributed by atoms with E-state index in [1.165, 1.54) is 0 Å². The molecule has 134 valence electrons. The van der Waals surface area contributed by atoms with Crippen molar-refractivity contribution in [3.8, 4) is 6.07 Å². The van der Waals surface area contributed by atoms with Gasteiger partial charge in [0, 0.05) is 29.5 Å². The number of carbonyl (C=O) groups is 1. The van der Waals surface area contributed by atoms with Crippen molar-refractivity contribution in [2.24, 2.45) is 0 Å². The van der Waals surface area contributed by atoms with Crippen molar-refractivity contribution in [3.05, 3.63) is 64.2 Å². The third kappa shape index (κ3) is 4.87. The van der Waals surface area contributed by atoms with Crippen molar-refractivity contribution in [2.45, 2.75) is 20.8 Å². The minimum absolute atomic E-state index is 0.0392. The van der Waals surface area contributed by atoms with E-state index in [-0.39, 0.29) is 5.57 Å². The average molecular weight is 368 g/mol. The van der Waals surface area contributed by atoms with Gasteiger partial charge in [-0.3, -0.25) is 4.79 Å². The van der Waals surface area contributed by atoms with Crippen molar-refractivity contribution in [1.29, 1.82) is 5.26 Å². The number of amides is 1. The van der Waals surface area contributed by atoms with E-state index < -0.39 is 5.91 Å². The fourth-order valence-electron chi connectivity index (χ4n) is 2.55. The van der Waals surface area contributed by atoms with E-state index in [0.29, 0.717) is 10.7 Å². The van der Waals surface area contributed by atoms with Gasteiger partial charge in [0.2, 0.25) is 0 Å². The Morgan fingerprint density at radius 1 is 1.19 bits per heavy atom. The number of nitrogens with one attached hydrogen (secondary N) is 1. The van der Waals surface area contributed by atoms with Crippen molar-refractivity contribution in [3.63, 3.8) is 0 Å². The van der Waals surface area contributed by atoms with Gasteiger partial charge in [-0.25, -0.2) is 0 Å². The third-order valence-corrected chi connectivity index (χ3v) is 4.53. The predicted octanol–water partition coefficient (Wildman–Crippen LogP) is 5.04. The summed E-state index contributed by atoms with van der Waals surface area (Å²) in [5, 5.41) is 12.6. The van der Waals surface area contributed by atoms with Crippen LogP contribution >= 0.6 is 11.6 Å². The Bertz CT molecular complexity index is 847. The minimum atomic E-state index is -0.458. The molecule has 26 heavy (non-hydrogen) atoms. The summed E-state index contributed by atoms with van der Waals surface area (Å²) in [6, 6.07) is 15.0. The standard InChI is InChI=1S/C21H22ClN3O/c1-4-25(5-2)19-10-7-16(8-11-19)12-17(14-23)21(26)24-18-9-6-15(3)20(22)13-18/h6-13H,4-5H2,1-3H3,(H,24,26)/b17-12-. The van der Waals surface area contributed by atoms with Gasteiger partial charge >= 0.3 is 0 Å². The van der Waals surface area contributed by atoms with E-state index in [9.17, 15) is 10.1 Å². The molecule has 2 aromatic rings. The number of benzene rings is 2. The molecular formula is C21H22ClN3O. The number of halogens is 1. The first kappa shape index (κ1) is 19.6. The summed E-state index contributed by atoms with van der Waals surface area (Å²) in [6.45, 7) is 7.95. The maximum Gasteiger partial charge on any atom is 0.266 e. The molecule has 0 heterocycles. The lowest BCUT2D eigenvalue weighted by Gasteiger charge is -2.20. The second kappa shape index (κ2) is 9.07. The van der Waals surface area contributed by atoms with E-state index in [1.54, 1.807) is 18.2 Å². The van der Waals surface area contributed by atoms with Gasteiger partial charge in [-0.05, 0) is 62.2 Å². The zero-order chi connectivity index (χ0) is 19.1. The molecule has 1 amide bonds. The molecule has 0 aliphatic heterocycles. The molecule has 0 aromatic heterocycles. The molecular weight excluding hydrogens is 346 g/mol. The quantitative estimate of drug-likeness (QED) is 0.574. The minimum Gasteiger partial charge on any atom is -0.372 e. The van der Waals surface area contributed by atoms with Crippen LogP contribution in [0.15, 0.2) is 48.0 Å². The maximum atomic E-state index is 12.4. The van der Waals surface area contributed by atoms with Crippen LogP contribution in [0.1, 0.15) is 25.0 Å². The molecule has 0 saturated carbocycles. The molecule has 0 radical (unpaired) electrons. The van der Waals surface area contributed by atoms with Crippen molar-refractivity contribution in [1.82, 2.24) is 0 Å². The second-order valence-electron chi connectivity index (χ2n) is 5.85. The fraction of sp³-hybridized carbons (Fsp3) is 0.238. The normalized spacial score (nSPS) is 11.0. The van der Waals surface area contributed by atoms with Crippen LogP contribution in [0, 0.1) is 18.3 Å². The van der Waals surface area contributed by atoms with Gasteiger partial charge in [0.05, 0.1) is 0 Å². The first-order valence-electron chi connectivity index (χ1n) is 8.52. The molecule has 0 fully saturated rings. The summed E-state index contributed by atoms with van der Waals surface area (Å²) in [5.41, 5.74) is 3.44. The molecule has 1 N–H and O–H groups in total. The first-order chi connectivity index (χ1) is 12.5. The predicted molar refractivity (Wildman–Crippen MR) is 108 cm³/mol. The molecule has 2 aromatic carbocycles. The van der Waals surface area contributed by atoms with Crippen molar-refractivity contribution in [2.75, 3.05) is 23.3 Å². The van der Waals surface area contributed by atoms with Crippen LogP contribution in [-0.4, -0.2) is 19.0 Å². The molecule has 0 aliphatic carbocycles. The van der Waals surface area contributed by atoms with Gasteiger partial charge in [-0.1, -0.05) is 29.8 Å². The highest BCUT2D eigenvalue weighted by Crippen LogP contribution is 2.21. The number of hydrogen-bond donors (Lipinski definition) is 1. The van der Waals surface area contributed by atoms with E-state index in [4.69, 9.17) is 11.6 Å². The summed E-state index contributed by atoms with van der Waals surface area (Å²) in [7, 11) is 0. The SMILES string of the molecule is CCN(CC)c1ccc(/C=C(/C#N)C(=O)Nc2ccc(C)c(Cl)c2)cc1. The number of rotatable bonds is 6. The molecule has 0 bridgehead atoms. The Morgan fingerprint density at radius 2 is 1.85 bits per heavy atom. The molecule has 2 rings (SSSR count). The molecule has 0 aliphatic rings. The summed E-state index contributed by atoms with van der Waals surface area (Å²) < 4.78 is 0. The van der Waals surface area contributed by atoms with Crippen molar-refractivity contribution < 1.29 is 4.79 Å². The Labute approximate surface area is 159 Å². The lowest BCUT2D eigenvalue weighted by atomic mass is 10.1. The molecule has 0 spiro atoms. The monoisotopic (exact) mass is 367 g/mol. The number of anilines is 2. The zero-order valence-electron chi connectivity index (χ0n) is 15.2. The van der Waals surface area contributed by atoms with E-state index >= 15 is 0 Å². The third-order valence-electron chi connectivity index (χ3n) is 4.13. The Hall–Kier alpha value is -2.77. The smallest absolute Gasteiger partial charge is 0.266 e. The van der Waals surface area contributed by atoms with Gasteiger partial charge in [0.1, 0.15) is 11.6 Å². The number of aryl methyl sites for hydroxylation is 1. The van der Waals surface area contributed by atoms with Crippen LogP contribution < -0.4 is 10.2 Å². The van der Waals surface area contributed by atoms with E-state index in [1.807, 2.05) is 43.3 Å². The van der Waals surface area contributed by atoms with Gasteiger partial charge in [0.15, 0.2) is 0 Å². The number of hydrogen-bond acceptors (Lipinski definition) is 3. The highest BCUT2D eigenvalue weighted by Gasteiger charge is 2.10. The first-order valence-corrected chi connectivity index (χ1v) is 8.90. The highest BCUT2D eigenvalue weighted by molar-refractivity contribution is 6.31. The second-order valence-corrected chi connectivity index (χ2v) is 6.26. The van der Waals surface area contributed by atoms with Crippen LogP contribution in [0.3, 0.4) is 0 Å². The van der Waals surface area contributed by atoms with Crippen LogP contribution in [-0.2, 0) is 4.79 Å². The molecule has 0 unspecified atom stereocenters. The van der Waals surface area contributed by atoms with Gasteiger partial charge in [-0.15, -0.1) is 0 Å². The summed E-state index contributed by atoms with van der Waals surface area (Å²) >= 11 is 6.07. The number of nitriles is 1. The largest absolute Gasteiger partial charge is 0.372 e. The lowest BCUT2D eigenvalue weighted by Crippen LogP contribution is -2.21. The van der Waals surface area contributed by atoms with Crippen LogP contribution in [0.5, 0.6) is 0 Å². The highest BCUT2D eigenvalue weighted by atomic mass is 35.5. The van der Waals surface area contributed by atoms with Gasteiger partial charge < -0.3 is 10.2 Å². The van der Waals surface area contributed by atoms with Crippen molar-refractivity contribution >= 4 is 35.0 Å².